The van der Waals surface area contributed by atoms with Gasteiger partial charge in [0, 0.05) is 4.88 Å². The van der Waals surface area contributed by atoms with Gasteiger partial charge in [-0.1, -0.05) is 48.5 Å². The Bertz CT molecular complexity index is 823. The van der Waals surface area contributed by atoms with Crippen LogP contribution in [-0.2, 0) is 22.4 Å². The van der Waals surface area contributed by atoms with Gasteiger partial charge >= 0.3 is 0 Å². The van der Waals surface area contributed by atoms with Crippen LogP contribution in [0.4, 0.5) is 0 Å². The van der Waals surface area contributed by atoms with Gasteiger partial charge in [-0.2, -0.15) is 0 Å². The van der Waals surface area contributed by atoms with Crippen LogP contribution in [0.25, 0.3) is 10.8 Å². The minimum Gasteiger partial charge on any atom is -0.273 e. The van der Waals surface area contributed by atoms with Gasteiger partial charge in [0.1, 0.15) is 0 Å². The Morgan fingerprint density at radius 1 is 0.826 bits per heavy atom. The molecule has 0 saturated heterocycles. The number of amides is 2. The van der Waals surface area contributed by atoms with Crippen molar-refractivity contribution in [1.82, 2.24) is 10.9 Å². The van der Waals surface area contributed by atoms with Crippen molar-refractivity contribution in [2.45, 2.75) is 12.8 Å². The lowest BCUT2D eigenvalue weighted by atomic mass is 10.0. The maximum absolute atomic E-state index is 12.0. The van der Waals surface area contributed by atoms with Gasteiger partial charge in [0.2, 0.25) is 11.8 Å². The number of carbonyl (C=O) groups is 2. The van der Waals surface area contributed by atoms with Crippen LogP contribution < -0.4 is 10.9 Å². The van der Waals surface area contributed by atoms with Crippen LogP contribution in [0, 0.1) is 0 Å². The zero-order valence-corrected chi connectivity index (χ0v) is 13.2. The van der Waals surface area contributed by atoms with E-state index in [2.05, 4.69) is 10.9 Å². The van der Waals surface area contributed by atoms with Gasteiger partial charge in [0.15, 0.2) is 0 Å². The quantitative estimate of drug-likeness (QED) is 0.725. The molecule has 0 atom stereocenters. The fraction of sp³-hybridized carbons (Fsp3) is 0.111. The number of carbonyl (C=O) groups excluding carboxylic acids is 2. The lowest BCUT2D eigenvalue weighted by molar-refractivity contribution is -0.128. The Morgan fingerprint density at radius 3 is 2.35 bits per heavy atom. The molecule has 0 fully saturated rings. The molecule has 2 aromatic carbocycles. The van der Waals surface area contributed by atoms with Gasteiger partial charge in [0.05, 0.1) is 12.8 Å². The molecule has 1 heterocycles. The Labute approximate surface area is 138 Å². The van der Waals surface area contributed by atoms with E-state index < -0.39 is 0 Å². The number of benzene rings is 2. The number of hydrazine groups is 1. The Morgan fingerprint density at radius 2 is 1.57 bits per heavy atom. The average Bonchev–Trinajstić information content (AvgIpc) is 3.06. The van der Waals surface area contributed by atoms with Gasteiger partial charge in [-0.3, -0.25) is 20.4 Å². The number of thiophene rings is 1. The first-order valence-electron chi connectivity index (χ1n) is 7.29. The van der Waals surface area contributed by atoms with Gasteiger partial charge in [-0.15, -0.1) is 11.3 Å². The number of fused-ring (bicyclic) bond motifs is 1. The minimum atomic E-state index is -0.235. The summed E-state index contributed by atoms with van der Waals surface area (Å²) in [5.74, 6) is -0.459. The third-order valence-corrected chi connectivity index (χ3v) is 4.36. The molecule has 0 radical (unpaired) electrons. The maximum atomic E-state index is 12.0. The summed E-state index contributed by atoms with van der Waals surface area (Å²) in [6, 6.07) is 17.6. The van der Waals surface area contributed by atoms with Gasteiger partial charge in [-0.25, -0.2) is 0 Å². The first-order chi connectivity index (χ1) is 11.2. The van der Waals surface area contributed by atoms with Crippen molar-refractivity contribution in [3.05, 3.63) is 70.4 Å². The summed E-state index contributed by atoms with van der Waals surface area (Å²) >= 11 is 1.52. The average molecular weight is 324 g/mol. The van der Waals surface area contributed by atoms with Crippen molar-refractivity contribution in [2.24, 2.45) is 0 Å². The van der Waals surface area contributed by atoms with Gasteiger partial charge in [0.25, 0.3) is 0 Å². The summed E-state index contributed by atoms with van der Waals surface area (Å²) in [6.07, 6.45) is 0.493. The fourth-order valence-electron chi connectivity index (χ4n) is 2.42. The van der Waals surface area contributed by atoms with Crippen LogP contribution in [0.3, 0.4) is 0 Å². The van der Waals surface area contributed by atoms with Crippen molar-refractivity contribution in [1.29, 1.82) is 0 Å². The molecule has 0 bridgehead atoms. The Hall–Kier alpha value is -2.66. The molecule has 0 aliphatic carbocycles. The van der Waals surface area contributed by atoms with E-state index in [1.807, 2.05) is 60.0 Å². The molecule has 1 aromatic heterocycles. The highest BCUT2D eigenvalue weighted by Crippen LogP contribution is 2.18. The van der Waals surface area contributed by atoms with E-state index in [1.54, 1.807) is 0 Å². The van der Waals surface area contributed by atoms with Crippen LogP contribution in [0.2, 0.25) is 0 Å². The van der Waals surface area contributed by atoms with E-state index in [-0.39, 0.29) is 24.7 Å². The zero-order valence-electron chi connectivity index (χ0n) is 12.4. The molecule has 2 amide bonds. The number of nitrogens with one attached hydrogen (secondary N) is 2. The lowest BCUT2D eigenvalue weighted by Gasteiger charge is -2.09. The molecule has 0 spiro atoms. The highest BCUT2D eigenvalue weighted by Gasteiger charge is 2.09. The summed E-state index contributed by atoms with van der Waals surface area (Å²) in [4.78, 5) is 24.8. The van der Waals surface area contributed by atoms with Crippen molar-refractivity contribution in [2.75, 3.05) is 0 Å². The lowest BCUT2D eigenvalue weighted by Crippen LogP contribution is -2.43. The van der Waals surface area contributed by atoms with E-state index in [0.717, 1.165) is 21.2 Å². The molecule has 2 N–H and O–H groups in total. The highest BCUT2D eigenvalue weighted by atomic mass is 32.1. The molecular formula is C18H16N2O2S. The van der Waals surface area contributed by atoms with Crippen LogP contribution in [-0.4, -0.2) is 11.8 Å². The van der Waals surface area contributed by atoms with E-state index in [0.29, 0.717) is 0 Å². The number of hydrogen-bond donors (Lipinski definition) is 2. The summed E-state index contributed by atoms with van der Waals surface area (Å²) in [5, 5.41) is 4.07. The Kier molecular flexibility index (Phi) is 4.68. The van der Waals surface area contributed by atoms with E-state index in [1.165, 1.54) is 11.3 Å². The molecule has 0 saturated carbocycles. The minimum absolute atomic E-state index is 0.223. The monoisotopic (exact) mass is 324 g/mol. The summed E-state index contributed by atoms with van der Waals surface area (Å²) in [6.45, 7) is 0. The number of rotatable bonds is 4. The van der Waals surface area contributed by atoms with Crippen molar-refractivity contribution >= 4 is 33.9 Å². The van der Waals surface area contributed by atoms with Crippen molar-refractivity contribution in [3.63, 3.8) is 0 Å². The molecule has 116 valence electrons. The predicted molar refractivity (Wildman–Crippen MR) is 92.0 cm³/mol. The predicted octanol–water partition coefficient (Wildman–Crippen LogP) is 2.83. The Balaban J connectivity index is 1.57. The molecule has 23 heavy (non-hydrogen) atoms. The molecule has 5 heteroatoms. The third kappa shape index (κ3) is 3.96. The van der Waals surface area contributed by atoms with E-state index in [9.17, 15) is 9.59 Å². The highest BCUT2D eigenvalue weighted by molar-refractivity contribution is 7.10. The summed E-state index contributed by atoms with van der Waals surface area (Å²) < 4.78 is 0. The van der Waals surface area contributed by atoms with Crippen LogP contribution in [0.5, 0.6) is 0 Å². The standard InChI is InChI=1S/C18H16N2O2S/c21-17(19-20-18(22)12-15-8-4-10-23-15)11-14-7-3-6-13-5-1-2-9-16(13)14/h1-10H,11-12H2,(H,19,21)(H,20,22). The molecule has 3 rings (SSSR count). The topological polar surface area (TPSA) is 58.2 Å². The molecular weight excluding hydrogens is 308 g/mol. The second-order valence-electron chi connectivity index (χ2n) is 5.17. The van der Waals surface area contributed by atoms with Crippen molar-refractivity contribution in [3.8, 4) is 0 Å². The molecule has 0 aliphatic heterocycles. The van der Waals surface area contributed by atoms with Gasteiger partial charge in [-0.05, 0) is 27.8 Å². The fourth-order valence-corrected chi connectivity index (χ4v) is 3.12. The van der Waals surface area contributed by atoms with E-state index >= 15 is 0 Å². The molecule has 0 unspecified atom stereocenters. The SMILES string of the molecule is O=C(Cc1cccs1)NNC(=O)Cc1cccc2ccccc12. The normalized spacial score (nSPS) is 10.4. The first-order valence-corrected chi connectivity index (χ1v) is 8.17. The zero-order chi connectivity index (χ0) is 16.1. The third-order valence-electron chi connectivity index (χ3n) is 3.49. The molecule has 3 aromatic rings. The summed E-state index contributed by atoms with van der Waals surface area (Å²) in [5.41, 5.74) is 5.87. The summed E-state index contributed by atoms with van der Waals surface area (Å²) in [7, 11) is 0. The van der Waals surface area contributed by atoms with Crippen LogP contribution in [0.15, 0.2) is 60.0 Å². The molecule has 4 nitrogen and oxygen atoms in total. The first kappa shape index (κ1) is 15.2. The van der Waals surface area contributed by atoms with Crippen molar-refractivity contribution < 1.29 is 9.59 Å². The number of hydrogen-bond acceptors (Lipinski definition) is 3. The van der Waals surface area contributed by atoms with Crippen LogP contribution in [0.1, 0.15) is 10.4 Å². The van der Waals surface area contributed by atoms with E-state index in [4.69, 9.17) is 0 Å². The maximum Gasteiger partial charge on any atom is 0.243 e. The smallest absolute Gasteiger partial charge is 0.243 e. The second kappa shape index (κ2) is 7.07. The van der Waals surface area contributed by atoms with Crippen LogP contribution >= 0.6 is 11.3 Å². The largest absolute Gasteiger partial charge is 0.273 e. The van der Waals surface area contributed by atoms with Gasteiger partial charge < -0.3 is 0 Å². The molecule has 0 aliphatic rings. The second-order valence-corrected chi connectivity index (χ2v) is 6.20.